The monoisotopic (exact) mass is 307 g/mol. The fourth-order valence-electron chi connectivity index (χ4n) is 1.85. The standard InChI is InChI=1S/C13H13N3O4S/c1-10-7-11(2)9-15(8-10)14-21(19,20)13-5-3-12(4-6-13)16(17)18/h3-9H,1-2H3. The number of nitro groups is 1. The number of non-ortho nitro benzene ring substituents is 1. The highest BCUT2D eigenvalue weighted by Gasteiger charge is 2.12. The van der Waals surface area contributed by atoms with E-state index in [9.17, 15) is 18.5 Å². The first-order chi connectivity index (χ1) is 9.78. The number of rotatable bonds is 4. The van der Waals surface area contributed by atoms with E-state index in [1.165, 1.54) is 16.8 Å². The maximum atomic E-state index is 12.1. The van der Waals surface area contributed by atoms with Crippen LogP contribution < -0.4 is 4.68 Å². The summed E-state index contributed by atoms with van der Waals surface area (Å²) in [6.45, 7) is 3.66. The van der Waals surface area contributed by atoms with Crippen LogP contribution in [0.5, 0.6) is 0 Å². The molecule has 8 heteroatoms. The number of hydrogen-bond acceptors (Lipinski definition) is 4. The number of pyridine rings is 1. The Morgan fingerprint density at radius 3 is 2.10 bits per heavy atom. The van der Waals surface area contributed by atoms with Gasteiger partial charge in [-0.05, 0) is 32.0 Å². The summed E-state index contributed by atoms with van der Waals surface area (Å²) < 4.78 is 25.5. The first-order valence-corrected chi connectivity index (χ1v) is 7.44. The Morgan fingerprint density at radius 1 is 1.10 bits per heavy atom. The van der Waals surface area contributed by atoms with Crippen molar-refractivity contribution in [2.75, 3.05) is 0 Å². The van der Waals surface area contributed by atoms with Gasteiger partial charge < -0.3 is 4.83 Å². The summed E-state index contributed by atoms with van der Waals surface area (Å²) >= 11 is 0. The van der Waals surface area contributed by atoms with Crippen LogP contribution in [0.3, 0.4) is 0 Å². The SMILES string of the molecule is Cc1cc(C)c[n+]([N-]S(=O)(=O)c2ccc([N+](=O)[O-])cc2)c1. The summed E-state index contributed by atoms with van der Waals surface area (Å²) in [5.41, 5.74) is 1.57. The molecule has 1 heterocycles. The van der Waals surface area contributed by atoms with Crippen LogP contribution in [0.4, 0.5) is 5.69 Å². The molecule has 0 aliphatic carbocycles. The lowest BCUT2D eigenvalue weighted by Crippen LogP contribution is -2.32. The third-order valence-corrected chi connectivity index (χ3v) is 3.95. The predicted molar refractivity (Wildman–Crippen MR) is 75.2 cm³/mol. The molecule has 0 atom stereocenters. The summed E-state index contributed by atoms with van der Waals surface area (Å²) in [5, 5.41) is 10.6. The van der Waals surface area contributed by atoms with Gasteiger partial charge in [0.1, 0.15) is 0 Å². The number of nitro benzene ring substituents is 1. The van der Waals surface area contributed by atoms with E-state index >= 15 is 0 Å². The number of nitrogens with zero attached hydrogens (tertiary/aromatic N) is 3. The molecule has 0 radical (unpaired) electrons. The summed E-state index contributed by atoms with van der Waals surface area (Å²) in [5.74, 6) is 0. The molecule has 0 saturated carbocycles. The molecule has 21 heavy (non-hydrogen) atoms. The van der Waals surface area contributed by atoms with Crippen LogP contribution in [0.25, 0.3) is 4.83 Å². The second-order valence-corrected chi connectivity index (χ2v) is 6.16. The molecule has 0 aliphatic rings. The average molecular weight is 307 g/mol. The highest BCUT2D eigenvalue weighted by molar-refractivity contribution is 7.93. The fraction of sp³-hybridized carbons (Fsp3) is 0.154. The van der Waals surface area contributed by atoms with Crippen molar-refractivity contribution in [1.82, 2.24) is 0 Å². The summed E-state index contributed by atoms with van der Waals surface area (Å²) in [6, 6.07) is 6.49. The molecule has 0 unspecified atom stereocenters. The maximum absolute atomic E-state index is 12.1. The van der Waals surface area contributed by atoms with E-state index in [1.54, 1.807) is 12.4 Å². The van der Waals surface area contributed by atoms with Crippen LogP contribution in [0.15, 0.2) is 47.6 Å². The maximum Gasteiger partial charge on any atom is 0.269 e. The molecule has 0 N–H and O–H groups in total. The van der Waals surface area contributed by atoms with Crippen LogP contribution in [0.1, 0.15) is 11.1 Å². The zero-order chi connectivity index (χ0) is 15.6. The zero-order valence-electron chi connectivity index (χ0n) is 11.4. The molecular weight excluding hydrogens is 294 g/mol. The van der Waals surface area contributed by atoms with Gasteiger partial charge in [0.2, 0.25) is 0 Å². The van der Waals surface area contributed by atoms with Crippen LogP contribution in [-0.2, 0) is 10.0 Å². The normalized spacial score (nSPS) is 11.1. The van der Waals surface area contributed by atoms with E-state index in [0.29, 0.717) is 0 Å². The van der Waals surface area contributed by atoms with Gasteiger partial charge in [-0.15, -0.1) is 0 Å². The third-order valence-electron chi connectivity index (χ3n) is 2.67. The number of hydrogen-bond donors (Lipinski definition) is 0. The molecular formula is C13H13N3O4S. The topological polar surface area (TPSA) is 95.3 Å². The summed E-state index contributed by atoms with van der Waals surface area (Å²) in [7, 11) is -3.92. The van der Waals surface area contributed by atoms with E-state index in [0.717, 1.165) is 23.3 Å². The molecule has 7 nitrogen and oxygen atoms in total. The van der Waals surface area contributed by atoms with Gasteiger partial charge in [0, 0.05) is 23.3 Å². The van der Waals surface area contributed by atoms with E-state index in [2.05, 4.69) is 4.83 Å². The van der Waals surface area contributed by atoms with E-state index in [1.807, 2.05) is 19.9 Å². The minimum atomic E-state index is -3.92. The van der Waals surface area contributed by atoms with Crippen molar-refractivity contribution in [3.8, 4) is 0 Å². The van der Waals surface area contributed by atoms with E-state index in [-0.39, 0.29) is 10.6 Å². The molecule has 0 fully saturated rings. The minimum Gasteiger partial charge on any atom is -0.318 e. The lowest BCUT2D eigenvalue weighted by atomic mass is 10.2. The number of benzene rings is 1. The molecule has 0 bridgehead atoms. The average Bonchev–Trinajstić information content (AvgIpc) is 2.37. The fourth-order valence-corrected chi connectivity index (χ4v) is 2.76. The molecule has 2 aromatic rings. The van der Waals surface area contributed by atoms with Gasteiger partial charge in [-0.3, -0.25) is 10.1 Å². The first-order valence-electron chi connectivity index (χ1n) is 6.00. The largest absolute Gasteiger partial charge is 0.318 e. The second-order valence-electron chi connectivity index (χ2n) is 4.58. The second kappa shape index (κ2) is 5.49. The molecule has 1 aromatic heterocycles. The van der Waals surface area contributed by atoms with E-state index < -0.39 is 14.9 Å². The smallest absolute Gasteiger partial charge is 0.269 e. The number of aryl methyl sites for hydroxylation is 2. The Morgan fingerprint density at radius 2 is 1.62 bits per heavy atom. The Hall–Kier alpha value is -2.48. The van der Waals surface area contributed by atoms with Gasteiger partial charge in [0.05, 0.1) is 9.82 Å². The van der Waals surface area contributed by atoms with Crippen LogP contribution in [0.2, 0.25) is 0 Å². The number of aromatic nitrogens is 1. The van der Waals surface area contributed by atoms with Crippen LogP contribution in [0, 0.1) is 24.0 Å². The zero-order valence-corrected chi connectivity index (χ0v) is 12.2. The van der Waals surface area contributed by atoms with Gasteiger partial charge >= 0.3 is 0 Å². The molecule has 0 amide bonds. The van der Waals surface area contributed by atoms with Crippen LogP contribution in [-0.4, -0.2) is 13.3 Å². The lowest BCUT2D eigenvalue weighted by Gasteiger charge is -2.15. The molecule has 110 valence electrons. The molecule has 1 aromatic carbocycles. The Kier molecular flexibility index (Phi) is 3.90. The van der Waals surface area contributed by atoms with E-state index in [4.69, 9.17) is 0 Å². The van der Waals surface area contributed by atoms with Crippen LogP contribution >= 0.6 is 0 Å². The molecule has 0 aliphatic heterocycles. The van der Waals surface area contributed by atoms with Gasteiger partial charge in [-0.25, -0.2) is 13.1 Å². The van der Waals surface area contributed by atoms with Gasteiger partial charge in [-0.2, -0.15) is 0 Å². The highest BCUT2D eigenvalue weighted by atomic mass is 32.2. The molecule has 0 spiro atoms. The van der Waals surface area contributed by atoms with Crippen molar-refractivity contribution in [2.24, 2.45) is 0 Å². The van der Waals surface area contributed by atoms with Gasteiger partial charge in [0.25, 0.3) is 5.69 Å². The number of sulfonamides is 1. The van der Waals surface area contributed by atoms with Crippen molar-refractivity contribution < 1.29 is 18.0 Å². The van der Waals surface area contributed by atoms with Crippen molar-refractivity contribution in [3.05, 3.63) is 68.8 Å². The minimum absolute atomic E-state index is 0.0974. The third kappa shape index (κ3) is 3.54. The van der Waals surface area contributed by atoms with Crippen molar-refractivity contribution >= 4 is 15.7 Å². The summed E-state index contributed by atoms with van der Waals surface area (Å²) in [4.78, 5) is 13.5. The van der Waals surface area contributed by atoms with Crippen molar-refractivity contribution in [1.29, 1.82) is 0 Å². The Balaban J connectivity index is 2.31. The lowest BCUT2D eigenvalue weighted by molar-refractivity contribution is -0.614. The quantitative estimate of drug-likeness (QED) is 0.490. The molecule has 0 saturated heterocycles. The van der Waals surface area contributed by atoms with Gasteiger partial charge in [-0.1, -0.05) is 0 Å². The summed E-state index contributed by atoms with van der Waals surface area (Å²) in [6.07, 6.45) is 3.16. The molecule has 2 rings (SSSR count). The van der Waals surface area contributed by atoms with Crippen molar-refractivity contribution in [3.63, 3.8) is 0 Å². The predicted octanol–water partition coefficient (Wildman–Crippen LogP) is 2.02. The van der Waals surface area contributed by atoms with Crippen molar-refractivity contribution in [2.45, 2.75) is 18.7 Å². The Bertz CT molecular complexity index is 765. The van der Waals surface area contributed by atoms with Gasteiger partial charge in [0.15, 0.2) is 22.4 Å². The first kappa shape index (κ1) is 14.9. The Labute approximate surface area is 122 Å². The highest BCUT2D eigenvalue weighted by Crippen LogP contribution is 2.19.